The van der Waals surface area contributed by atoms with Gasteiger partial charge in [0.25, 0.3) is 0 Å². The van der Waals surface area contributed by atoms with Gasteiger partial charge in [-0.15, -0.1) is 0 Å². The number of rotatable bonds is 2. The van der Waals surface area contributed by atoms with E-state index in [1.165, 1.54) is 6.07 Å². The number of benzene rings is 1. The van der Waals surface area contributed by atoms with Gasteiger partial charge in [-0.25, -0.2) is 8.78 Å². The van der Waals surface area contributed by atoms with Crippen LogP contribution in [-0.2, 0) is 16.0 Å². The maximum absolute atomic E-state index is 13.7. The third kappa shape index (κ3) is 2.58. The number of amides is 2. The predicted octanol–water partition coefficient (Wildman–Crippen LogP) is 2.32. The molecule has 2 rings (SSSR count). The van der Waals surface area contributed by atoms with Crippen LogP contribution >= 0.6 is 15.9 Å². The first-order valence-electron chi connectivity index (χ1n) is 5.45. The molecule has 1 saturated heterocycles. The minimum atomic E-state index is -0.695. The number of carbonyl (C=O) groups is 2. The molecule has 1 aliphatic rings. The van der Waals surface area contributed by atoms with Gasteiger partial charge < -0.3 is 0 Å². The van der Waals surface area contributed by atoms with Gasteiger partial charge in [0.2, 0.25) is 11.8 Å². The van der Waals surface area contributed by atoms with Gasteiger partial charge >= 0.3 is 0 Å². The lowest BCUT2D eigenvalue weighted by Gasteiger charge is -2.21. The van der Waals surface area contributed by atoms with Gasteiger partial charge in [0.1, 0.15) is 11.6 Å². The highest BCUT2D eigenvalue weighted by Gasteiger charge is 2.28. The third-order valence-corrected chi connectivity index (χ3v) is 3.56. The molecule has 1 heterocycles. The fourth-order valence-corrected chi connectivity index (χ4v) is 2.31. The number of hydrogen-bond donors (Lipinski definition) is 1. The molecule has 0 aromatic heterocycles. The predicted molar refractivity (Wildman–Crippen MR) is 63.6 cm³/mol. The Balaban J connectivity index is 2.22. The molecule has 96 valence electrons. The van der Waals surface area contributed by atoms with E-state index in [4.69, 9.17) is 0 Å². The van der Waals surface area contributed by atoms with Crippen molar-refractivity contribution in [3.05, 3.63) is 33.8 Å². The van der Waals surface area contributed by atoms with Crippen LogP contribution < -0.4 is 5.32 Å². The van der Waals surface area contributed by atoms with Crippen molar-refractivity contribution in [1.82, 2.24) is 5.32 Å². The van der Waals surface area contributed by atoms with Gasteiger partial charge in [0.15, 0.2) is 0 Å². The van der Waals surface area contributed by atoms with E-state index in [0.717, 1.165) is 6.07 Å². The summed E-state index contributed by atoms with van der Waals surface area (Å²) in [6.07, 6.45) is 0.472. The molecule has 1 N–H and O–H groups in total. The second-order valence-electron chi connectivity index (χ2n) is 4.17. The monoisotopic (exact) mass is 317 g/mol. The first-order valence-corrected chi connectivity index (χ1v) is 6.24. The van der Waals surface area contributed by atoms with Crippen LogP contribution in [0.1, 0.15) is 18.4 Å². The Morgan fingerprint density at radius 2 is 2.06 bits per heavy atom. The van der Waals surface area contributed by atoms with Gasteiger partial charge in [-0.2, -0.15) is 0 Å². The van der Waals surface area contributed by atoms with Crippen molar-refractivity contribution in [2.45, 2.75) is 19.3 Å². The van der Waals surface area contributed by atoms with E-state index in [1.54, 1.807) is 0 Å². The Kier molecular flexibility index (Phi) is 3.75. The fraction of sp³-hybridized carbons (Fsp3) is 0.333. The molecule has 1 fully saturated rings. The lowest BCUT2D eigenvalue weighted by Crippen LogP contribution is -2.41. The van der Waals surface area contributed by atoms with Crippen LogP contribution in [0, 0.1) is 17.6 Å². The van der Waals surface area contributed by atoms with Crippen molar-refractivity contribution in [2.75, 3.05) is 0 Å². The van der Waals surface area contributed by atoms with E-state index in [0.29, 0.717) is 6.42 Å². The molecular formula is C12H10BrF2NO2. The molecule has 0 spiro atoms. The van der Waals surface area contributed by atoms with Crippen molar-refractivity contribution in [3.63, 3.8) is 0 Å². The van der Waals surface area contributed by atoms with Gasteiger partial charge in [-0.3, -0.25) is 14.9 Å². The molecule has 1 atom stereocenters. The van der Waals surface area contributed by atoms with Crippen LogP contribution in [-0.4, -0.2) is 11.8 Å². The fourth-order valence-electron chi connectivity index (χ4n) is 1.94. The van der Waals surface area contributed by atoms with Crippen molar-refractivity contribution in [2.24, 2.45) is 5.92 Å². The van der Waals surface area contributed by atoms with Crippen LogP contribution in [0.25, 0.3) is 0 Å². The zero-order valence-electron chi connectivity index (χ0n) is 9.30. The Morgan fingerprint density at radius 1 is 1.33 bits per heavy atom. The Labute approximate surface area is 111 Å². The van der Waals surface area contributed by atoms with Gasteiger partial charge in [-0.1, -0.05) is 0 Å². The van der Waals surface area contributed by atoms with E-state index in [9.17, 15) is 18.4 Å². The highest BCUT2D eigenvalue weighted by atomic mass is 79.9. The minimum Gasteiger partial charge on any atom is -0.296 e. The molecule has 1 aromatic carbocycles. The summed E-state index contributed by atoms with van der Waals surface area (Å²) in [6, 6.07) is 2.42. The smallest absolute Gasteiger partial charge is 0.230 e. The standard InChI is InChI=1S/C12H10BrF2NO2/c13-8-2-3-9(14)7(11(8)15)5-6-1-4-10(17)16-12(6)18/h2-3,6H,1,4-5H2,(H,16,17,18). The normalized spacial score (nSPS) is 19.8. The summed E-state index contributed by atoms with van der Waals surface area (Å²) < 4.78 is 27.4. The lowest BCUT2D eigenvalue weighted by atomic mass is 9.91. The second kappa shape index (κ2) is 5.14. The molecule has 3 nitrogen and oxygen atoms in total. The molecule has 0 saturated carbocycles. The molecule has 1 unspecified atom stereocenters. The molecule has 1 aliphatic heterocycles. The Bertz CT molecular complexity index is 519. The van der Waals surface area contributed by atoms with Crippen LogP contribution in [0.4, 0.5) is 8.78 Å². The Hall–Kier alpha value is -1.30. The minimum absolute atomic E-state index is 0.0454. The molecule has 6 heteroatoms. The van der Waals surface area contributed by atoms with E-state index in [2.05, 4.69) is 21.2 Å². The molecule has 1 aromatic rings. The number of carbonyl (C=O) groups excluding carboxylic acids is 2. The number of imide groups is 1. The zero-order valence-corrected chi connectivity index (χ0v) is 10.9. The van der Waals surface area contributed by atoms with Crippen LogP contribution in [0.5, 0.6) is 0 Å². The highest BCUT2D eigenvalue weighted by Crippen LogP contribution is 2.26. The van der Waals surface area contributed by atoms with Crippen molar-refractivity contribution in [1.29, 1.82) is 0 Å². The maximum Gasteiger partial charge on any atom is 0.230 e. The number of nitrogens with one attached hydrogen (secondary N) is 1. The van der Waals surface area contributed by atoms with Crippen LogP contribution in [0.3, 0.4) is 0 Å². The van der Waals surface area contributed by atoms with Crippen molar-refractivity contribution in [3.8, 4) is 0 Å². The number of halogens is 3. The molecule has 0 bridgehead atoms. The summed E-state index contributed by atoms with van der Waals surface area (Å²) in [5.74, 6) is -2.75. The average molecular weight is 318 g/mol. The number of piperidine rings is 1. The van der Waals surface area contributed by atoms with Crippen molar-refractivity contribution < 1.29 is 18.4 Å². The van der Waals surface area contributed by atoms with E-state index in [-0.39, 0.29) is 28.8 Å². The summed E-state index contributed by atoms with van der Waals surface area (Å²) >= 11 is 2.97. The molecule has 18 heavy (non-hydrogen) atoms. The topological polar surface area (TPSA) is 46.2 Å². The summed E-state index contributed by atoms with van der Waals surface area (Å²) in [7, 11) is 0. The first kappa shape index (κ1) is 13.1. The summed E-state index contributed by atoms with van der Waals surface area (Å²) in [6.45, 7) is 0. The van der Waals surface area contributed by atoms with Gasteiger partial charge in [0, 0.05) is 17.9 Å². The SMILES string of the molecule is O=C1CCC(Cc2c(F)ccc(Br)c2F)C(=O)N1. The van der Waals surface area contributed by atoms with E-state index in [1.807, 2.05) is 0 Å². The zero-order chi connectivity index (χ0) is 13.3. The molecule has 0 aliphatic carbocycles. The molecule has 0 radical (unpaired) electrons. The lowest BCUT2D eigenvalue weighted by molar-refractivity contribution is -0.136. The highest BCUT2D eigenvalue weighted by molar-refractivity contribution is 9.10. The van der Waals surface area contributed by atoms with Crippen LogP contribution in [0.15, 0.2) is 16.6 Å². The maximum atomic E-state index is 13.7. The summed E-state index contributed by atoms with van der Waals surface area (Å²) in [4.78, 5) is 22.5. The summed E-state index contributed by atoms with van der Waals surface area (Å²) in [5.41, 5.74) is -0.126. The van der Waals surface area contributed by atoms with Gasteiger partial charge in [-0.05, 0) is 40.9 Å². The average Bonchev–Trinajstić information content (AvgIpc) is 2.32. The quantitative estimate of drug-likeness (QED) is 0.672. The Morgan fingerprint density at radius 3 is 2.72 bits per heavy atom. The van der Waals surface area contributed by atoms with Crippen LogP contribution in [0.2, 0.25) is 0 Å². The van der Waals surface area contributed by atoms with Gasteiger partial charge in [0.05, 0.1) is 4.47 Å². The molecule has 2 amide bonds. The van der Waals surface area contributed by atoms with E-state index < -0.39 is 23.5 Å². The third-order valence-electron chi connectivity index (χ3n) is 2.94. The second-order valence-corrected chi connectivity index (χ2v) is 5.03. The molecular weight excluding hydrogens is 308 g/mol. The summed E-state index contributed by atoms with van der Waals surface area (Å²) in [5, 5.41) is 2.17. The van der Waals surface area contributed by atoms with E-state index >= 15 is 0 Å². The van der Waals surface area contributed by atoms with Crippen molar-refractivity contribution >= 4 is 27.7 Å². The number of hydrogen-bond acceptors (Lipinski definition) is 2. The first-order chi connectivity index (χ1) is 8.49. The largest absolute Gasteiger partial charge is 0.296 e.